The highest BCUT2D eigenvalue weighted by molar-refractivity contribution is 5.97. The van der Waals surface area contributed by atoms with Crippen molar-refractivity contribution in [2.75, 3.05) is 11.1 Å². The number of aromatic nitrogens is 2. The summed E-state index contributed by atoms with van der Waals surface area (Å²) >= 11 is 0. The summed E-state index contributed by atoms with van der Waals surface area (Å²) in [7, 11) is 0. The lowest BCUT2D eigenvalue weighted by molar-refractivity contribution is -0.123. The van der Waals surface area contributed by atoms with Gasteiger partial charge in [0.2, 0.25) is 0 Å². The Morgan fingerprint density at radius 3 is 2.50 bits per heavy atom. The number of benzene rings is 1. The Bertz CT molecular complexity index is 691. The fourth-order valence-electron chi connectivity index (χ4n) is 1.55. The minimum Gasteiger partial charge on any atom is -0.448 e. The topological polar surface area (TPSA) is 107 Å². The molecule has 0 radical (unpaired) electrons. The van der Waals surface area contributed by atoms with Crippen molar-refractivity contribution in [2.24, 2.45) is 0 Å². The summed E-state index contributed by atoms with van der Waals surface area (Å²) in [6, 6.07) is 5.18. The molecule has 0 aliphatic rings. The number of carbonyl (C=O) groups is 2. The Labute approximate surface area is 125 Å². The molecule has 0 unspecified atom stereocenters. The van der Waals surface area contributed by atoms with Crippen molar-refractivity contribution in [2.45, 2.75) is 13.0 Å². The fraction of sp³-hybridized carbons (Fsp3) is 0.143. The lowest BCUT2D eigenvalue weighted by Crippen LogP contribution is -2.30. The number of halogens is 1. The molecule has 1 aromatic heterocycles. The van der Waals surface area contributed by atoms with Gasteiger partial charge in [-0.15, -0.1) is 0 Å². The van der Waals surface area contributed by atoms with E-state index >= 15 is 0 Å². The van der Waals surface area contributed by atoms with Gasteiger partial charge in [-0.3, -0.25) is 4.79 Å². The summed E-state index contributed by atoms with van der Waals surface area (Å²) in [5, 5.41) is 2.49. The van der Waals surface area contributed by atoms with E-state index in [2.05, 4.69) is 15.3 Å². The number of nitrogens with one attached hydrogen (secondary N) is 1. The number of nitrogen functional groups attached to an aromatic ring is 1. The predicted molar refractivity (Wildman–Crippen MR) is 76.4 cm³/mol. The lowest BCUT2D eigenvalue weighted by Gasteiger charge is -2.13. The molecule has 0 spiro atoms. The van der Waals surface area contributed by atoms with E-state index in [0.29, 0.717) is 5.69 Å². The van der Waals surface area contributed by atoms with E-state index in [4.69, 9.17) is 10.5 Å². The quantitative estimate of drug-likeness (QED) is 0.826. The van der Waals surface area contributed by atoms with Crippen LogP contribution in [0.15, 0.2) is 36.7 Å². The van der Waals surface area contributed by atoms with E-state index in [1.807, 2.05) is 0 Å². The van der Waals surface area contributed by atoms with Gasteiger partial charge < -0.3 is 15.8 Å². The van der Waals surface area contributed by atoms with Crippen molar-refractivity contribution >= 4 is 23.4 Å². The molecule has 0 saturated carbocycles. The number of rotatable bonds is 4. The standard InChI is InChI=1S/C14H13FN4O3/c1-8(13(20)19-10-4-2-9(15)3-5-10)22-14(21)11-12(16)18-7-6-17-11/h2-8H,1H3,(H2,16,18)(H,19,20)/t8-/m0/s1. The second-order valence-electron chi connectivity index (χ2n) is 4.33. The molecule has 0 saturated heterocycles. The smallest absolute Gasteiger partial charge is 0.361 e. The van der Waals surface area contributed by atoms with E-state index in [9.17, 15) is 14.0 Å². The largest absolute Gasteiger partial charge is 0.448 e. The Kier molecular flexibility index (Phi) is 4.62. The second-order valence-corrected chi connectivity index (χ2v) is 4.33. The molecular formula is C14H13FN4O3. The van der Waals surface area contributed by atoms with E-state index in [-0.39, 0.29) is 11.5 Å². The summed E-state index contributed by atoms with van der Waals surface area (Å²) in [6.45, 7) is 1.39. The number of nitrogens with two attached hydrogens (primary N) is 1. The molecule has 3 N–H and O–H groups in total. The molecule has 0 fully saturated rings. The number of hydrogen-bond donors (Lipinski definition) is 2. The lowest BCUT2D eigenvalue weighted by atomic mass is 10.3. The third-order valence-corrected chi connectivity index (χ3v) is 2.68. The number of nitrogens with zero attached hydrogens (tertiary/aromatic N) is 2. The van der Waals surface area contributed by atoms with Gasteiger partial charge in [0.05, 0.1) is 0 Å². The normalized spacial score (nSPS) is 11.5. The molecule has 1 heterocycles. The first-order valence-electron chi connectivity index (χ1n) is 6.31. The van der Waals surface area contributed by atoms with Crippen LogP contribution in [0.2, 0.25) is 0 Å². The molecule has 0 aliphatic carbocycles. The van der Waals surface area contributed by atoms with Crippen LogP contribution < -0.4 is 11.1 Å². The minimum absolute atomic E-state index is 0.0846. The van der Waals surface area contributed by atoms with Gasteiger partial charge in [-0.2, -0.15) is 0 Å². The van der Waals surface area contributed by atoms with Gasteiger partial charge in [0.25, 0.3) is 5.91 Å². The first kappa shape index (κ1) is 15.4. The highest BCUT2D eigenvalue weighted by Gasteiger charge is 2.21. The van der Waals surface area contributed by atoms with E-state index in [1.165, 1.54) is 43.6 Å². The number of carbonyl (C=O) groups excluding carboxylic acids is 2. The Morgan fingerprint density at radius 1 is 1.23 bits per heavy atom. The van der Waals surface area contributed by atoms with Crippen molar-refractivity contribution in [1.82, 2.24) is 9.97 Å². The van der Waals surface area contributed by atoms with Crippen LogP contribution in [0.25, 0.3) is 0 Å². The van der Waals surface area contributed by atoms with Crippen LogP contribution in [0.1, 0.15) is 17.4 Å². The molecular weight excluding hydrogens is 291 g/mol. The summed E-state index contributed by atoms with van der Waals surface area (Å²) in [6.07, 6.45) is 1.53. The average molecular weight is 304 g/mol. The maximum atomic E-state index is 12.8. The molecule has 1 atom stereocenters. The Hall–Kier alpha value is -3.03. The molecule has 114 valence electrons. The van der Waals surface area contributed by atoms with E-state index < -0.39 is 23.8 Å². The summed E-state index contributed by atoms with van der Waals surface area (Å²) in [4.78, 5) is 31.2. The van der Waals surface area contributed by atoms with Crippen molar-refractivity contribution < 1.29 is 18.7 Å². The summed E-state index contributed by atoms with van der Waals surface area (Å²) < 4.78 is 17.7. The zero-order chi connectivity index (χ0) is 16.1. The molecule has 8 heteroatoms. The van der Waals surface area contributed by atoms with Gasteiger partial charge in [-0.05, 0) is 31.2 Å². The predicted octanol–water partition coefficient (Wildman–Crippen LogP) is 1.38. The van der Waals surface area contributed by atoms with Crippen LogP contribution in [0.3, 0.4) is 0 Å². The average Bonchev–Trinajstić information content (AvgIpc) is 2.49. The Morgan fingerprint density at radius 2 is 1.86 bits per heavy atom. The minimum atomic E-state index is -1.08. The van der Waals surface area contributed by atoms with Crippen molar-refractivity contribution in [3.63, 3.8) is 0 Å². The van der Waals surface area contributed by atoms with Gasteiger partial charge in [-0.1, -0.05) is 0 Å². The Balaban J connectivity index is 1.98. The number of esters is 1. The van der Waals surface area contributed by atoms with Crippen LogP contribution in [-0.4, -0.2) is 27.9 Å². The fourth-order valence-corrected chi connectivity index (χ4v) is 1.55. The van der Waals surface area contributed by atoms with Gasteiger partial charge in [0, 0.05) is 18.1 Å². The van der Waals surface area contributed by atoms with E-state index in [0.717, 1.165) is 0 Å². The third-order valence-electron chi connectivity index (χ3n) is 2.68. The van der Waals surface area contributed by atoms with Crippen LogP contribution in [-0.2, 0) is 9.53 Å². The number of hydrogen-bond acceptors (Lipinski definition) is 6. The van der Waals surface area contributed by atoms with Crippen molar-refractivity contribution in [3.05, 3.63) is 48.2 Å². The number of anilines is 2. The molecule has 2 aromatic rings. The van der Waals surface area contributed by atoms with E-state index in [1.54, 1.807) is 0 Å². The van der Waals surface area contributed by atoms with Crippen LogP contribution in [0.5, 0.6) is 0 Å². The zero-order valence-electron chi connectivity index (χ0n) is 11.6. The maximum absolute atomic E-state index is 12.8. The summed E-state index contributed by atoms with van der Waals surface area (Å²) in [5.41, 5.74) is 5.72. The van der Waals surface area contributed by atoms with Crippen LogP contribution in [0, 0.1) is 5.82 Å². The first-order chi connectivity index (χ1) is 10.5. The highest BCUT2D eigenvalue weighted by Crippen LogP contribution is 2.11. The molecule has 0 aliphatic heterocycles. The number of amides is 1. The molecule has 22 heavy (non-hydrogen) atoms. The van der Waals surface area contributed by atoms with Crippen molar-refractivity contribution in [3.8, 4) is 0 Å². The first-order valence-corrected chi connectivity index (χ1v) is 6.31. The summed E-state index contributed by atoms with van der Waals surface area (Å²) in [5.74, 6) is -1.93. The molecule has 2 rings (SSSR count). The monoisotopic (exact) mass is 304 g/mol. The van der Waals surface area contributed by atoms with Gasteiger partial charge in [0.1, 0.15) is 5.82 Å². The maximum Gasteiger partial charge on any atom is 0.361 e. The molecule has 1 amide bonds. The molecule has 1 aromatic carbocycles. The highest BCUT2D eigenvalue weighted by atomic mass is 19.1. The molecule has 0 bridgehead atoms. The third kappa shape index (κ3) is 3.75. The van der Waals surface area contributed by atoms with Gasteiger partial charge in [-0.25, -0.2) is 19.2 Å². The molecule has 7 nitrogen and oxygen atoms in total. The van der Waals surface area contributed by atoms with Gasteiger partial charge >= 0.3 is 5.97 Å². The van der Waals surface area contributed by atoms with Gasteiger partial charge in [0.15, 0.2) is 17.6 Å². The zero-order valence-corrected chi connectivity index (χ0v) is 11.6. The second kappa shape index (κ2) is 6.61. The van der Waals surface area contributed by atoms with Crippen molar-refractivity contribution in [1.29, 1.82) is 0 Å². The SMILES string of the molecule is C[C@H](OC(=O)c1nccnc1N)C(=O)Nc1ccc(F)cc1. The number of ether oxygens (including phenoxy) is 1. The van der Waals surface area contributed by atoms with Crippen LogP contribution >= 0.6 is 0 Å². The van der Waals surface area contributed by atoms with Crippen LogP contribution in [0.4, 0.5) is 15.9 Å².